The molecule has 3 rings (SSSR count). The van der Waals surface area contributed by atoms with Gasteiger partial charge in [-0.05, 0) is 93.5 Å². The van der Waals surface area contributed by atoms with Crippen LogP contribution in [0.4, 0.5) is 0 Å². The van der Waals surface area contributed by atoms with Crippen LogP contribution in [-0.2, 0) is 9.53 Å². The third-order valence-electron chi connectivity index (χ3n) is 4.10. The van der Waals surface area contributed by atoms with Gasteiger partial charge in [-0.15, -0.1) is 0 Å². The van der Waals surface area contributed by atoms with Crippen molar-refractivity contribution in [2.45, 2.75) is 0 Å². The molecule has 1 aliphatic rings. The number of hydrogen-bond acceptors (Lipinski definition) is 5. The molecule has 0 bridgehead atoms. The Morgan fingerprint density at radius 1 is 0.893 bits per heavy atom. The van der Waals surface area contributed by atoms with Crippen LogP contribution in [0, 0.1) is 0 Å². The molecular weight excluding hydrogens is 628 g/mol. The van der Waals surface area contributed by atoms with Gasteiger partial charge < -0.3 is 14.2 Å². The van der Waals surface area contributed by atoms with Crippen LogP contribution in [0.1, 0.15) is 15.9 Å². The summed E-state index contributed by atoms with van der Waals surface area (Å²) in [6.07, 6.45) is 0. The lowest BCUT2D eigenvalue weighted by atomic mass is 9.95. The monoisotopic (exact) mass is 636 g/mol. The number of rotatable bonds is 5. The highest BCUT2D eigenvalue weighted by molar-refractivity contribution is 9.11. The summed E-state index contributed by atoms with van der Waals surface area (Å²) in [6, 6.07) is 6.80. The third kappa shape index (κ3) is 3.94. The lowest BCUT2D eigenvalue weighted by molar-refractivity contribution is -0.135. The highest BCUT2D eigenvalue weighted by atomic mass is 79.9. The number of benzene rings is 2. The SMILES string of the molecule is COc1c(Br)cc(C(=O)C2=C(c3cc(Br)c(OC)c(Br)c3)COC2=O)cc1Br. The van der Waals surface area contributed by atoms with Gasteiger partial charge in [-0.1, -0.05) is 0 Å². The highest BCUT2D eigenvalue weighted by Crippen LogP contribution is 2.40. The molecule has 0 fully saturated rings. The molecule has 5 nitrogen and oxygen atoms in total. The van der Waals surface area contributed by atoms with Gasteiger partial charge in [0.25, 0.3) is 0 Å². The Kier molecular flexibility index (Phi) is 6.69. The first kappa shape index (κ1) is 21.5. The van der Waals surface area contributed by atoms with Crippen molar-refractivity contribution in [2.24, 2.45) is 0 Å². The maximum atomic E-state index is 13.1. The third-order valence-corrected chi connectivity index (χ3v) is 6.45. The van der Waals surface area contributed by atoms with E-state index >= 15 is 0 Å². The molecule has 0 aromatic heterocycles. The number of esters is 1. The summed E-state index contributed by atoms with van der Waals surface area (Å²) in [5.74, 6) is 0.101. The van der Waals surface area contributed by atoms with Gasteiger partial charge in [0.15, 0.2) is 0 Å². The van der Waals surface area contributed by atoms with Crippen LogP contribution in [0.2, 0.25) is 0 Å². The van der Waals surface area contributed by atoms with Crippen LogP contribution in [0.25, 0.3) is 5.57 Å². The van der Waals surface area contributed by atoms with Crippen LogP contribution >= 0.6 is 63.7 Å². The Morgan fingerprint density at radius 2 is 1.36 bits per heavy atom. The predicted octanol–water partition coefficient (Wildman–Crippen LogP) is 5.95. The Bertz CT molecular complexity index is 983. The average molecular weight is 640 g/mol. The molecule has 0 saturated heterocycles. The highest BCUT2D eigenvalue weighted by Gasteiger charge is 2.33. The van der Waals surface area contributed by atoms with Crippen LogP contribution in [0.15, 0.2) is 47.7 Å². The second-order valence-corrected chi connectivity index (χ2v) is 9.12. The van der Waals surface area contributed by atoms with E-state index in [9.17, 15) is 9.59 Å². The van der Waals surface area contributed by atoms with E-state index in [1.54, 1.807) is 31.4 Å². The zero-order chi connectivity index (χ0) is 20.6. The first-order valence-corrected chi connectivity index (χ1v) is 11.0. The number of methoxy groups -OCH3 is 2. The number of Topliss-reactive ketones (excluding diaryl/α,β-unsaturated/α-hetero) is 1. The predicted molar refractivity (Wildman–Crippen MR) is 119 cm³/mol. The van der Waals surface area contributed by atoms with Gasteiger partial charge in [0.1, 0.15) is 23.7 Å². The lowest BCUT2D eigenvalue weighted by Gasteiger charge is -2.11. The van der Waals surface area contributed by atoms with Gasteiger partial charge in [0.05, 0.1) is 32.1 Å². The Hall–Kier alpha value is -1.16. The molecule has 0 unspecified atom stereocenters. The second-order valence-electron chi connectivity index (χ2n) is 5.71. The molecule has 2 aromatic carbocycles. The molecule has 1 heterocycles. The van der Waals surface area contributed by atoms with Gasteiger partial charge in [0.2, 0.25) is 5.78 Å². The molecule has 0 saturated carbocycles. The fourth-order valence-corrected chi connectivity index (χ4v) is 5.84. The fraction of sp³-hybridized carbons (Fsp3) is 0.158. The Morgan fingerprint density at radius 3 is 1.82 bits per heavy atom. The van der Waals surface area contributed by atoms with E-state index in [1.165, 1.54) is 7.11 Å². The minimum atomic E-state index is -0.647. The van der Waals surface area contributed by atoms with Crippen molar-refractivity contribution in [3.8, 4) is 11.5 Å². The largest absolute Gasteiger partial charge is 0.494 e. The number of ether oxygens (including phenoxy) is 3. The first-order valence-electron chi connectivity index (χ1n) is 7.79. The number of ketones is 1. The maximum absolute atomic E-state index is 13.1. The summed E-state index contributed by atoms with van der Waals surface area (Å²) in [5, 5.41) is 0. The minimum absolute atomic E-state index is 0.00735. The molecule has 0 radical (unpaired) electrons. The molecule has 0 spiro atoms. The molecule has 0 atom stereocenters. The zero-order valence-corrected chi connectivity index (χ0v) is 20.9. The van der Waals surface area contributed by atoms with E-state index in [1.807, 2.05) is 0 Å². The van der Waals surface area contributed by atoms with Crippen LogP contribution in [0.3, 0.4) is 0 Å². The lowest BCUT2D eigenvalue weighted by Crippen LogP contribution is -2.12. The first-order chi connectivity index (χ1) is 13.3. The molecule has 28 heavy (non-hydrogen) atoms. The maximum Gasteiger partial charge on any atom is 0.342 e. The van der Waals surface area contributed by atoms with E-state index in [0.717, 1.165) is 0 Å². The van der Waals surface area contributed by atoms with E-state index in [-0.39, 0.29) is 12.2 Å². The van der Waals surface area contributed by atoms with Gasteiger partial charge >= 0.3 is 5.97 Å². The molecule has 9 heteroatoms. The summed E-state index contributed by atoms with van der Waals surface area (Å²) in [5.41, 5.74) is 1.54. The molecule has 0 amide bonds. The van der Waals surface area contributed by atoms with Crippen molar-refractivity contribution in [3.05, 3.63) is 58.9 Å². The smallest absolute Gasteiger partial charge is 0.342 e. The average Bonchev–Trinajstić information content (AvgIpc) is 3.02. The molecule has 1 aliphatic heterocycles. The number of carbonyl (C=O) groups excluding carboxylic acids is 2. The van der Waals surface area contributed by atoms with E-state index in [4.69, 9.17) is 14.2 Å². The van der Waals surface area contributed by atoms with Crippen molar-refractivity contribution in [1.82, 2.24) is 0 Å². The Labute approximate surface area is 194 Å². The van der Waals surface area contributed by atoms with Crippen molar-refractivity contribution in [2.75, 3.05) is 20.8 Å². The standard InChI is InChI=1S/C19H12Br4O5/c1-26-17-11(20)3-8(4-12(17)21)10-7-28-19(25)15(10)16(24)9-5-13(22)18(27-2)14(23)6-9/h3-6H,7H2,1-2H3. The minimum Gasteiger partial charge on any atom is -0.494 e. The number of carbonyl (C=O) groups is 2. The summed E-state index contributed by atoms with van der Waals surface area (Å²) >= 11 is 13.6. The summed E-state index contributed by atoms with van der Waals surface area (Å²) in [4.78, 5) is 25.5. The molecule has 0 N–H and O–H groups in total. The van der Waals surface area contributed by atoms with Crippen molar-refractivity contribution in [1.29, 1.82) is 0 Å². The number of halogens is 4. The summed E-state index contributed by atoms with van der Waals surface area (Å²) in [6.45, 7) is 0.0175. The quantitative estimate of drug-likeness (QED) is 0.230. The van der Waals surface area contributed by atoms with Crippen molar-refractivity contribution >= 4 is 81.0 Å². The molecule has 0 aliphatic carbocycles. The second kappa shape index (κ2) is 8.69. The van der Waals surface area contributed by atoms with Crippen LogP contribution in [0.5, 0.6) is 11.5 Å². The van der Waals surface area contributed by atoms with Crippen LogP contribution in [-0.4, -0.2) is 32.6 Å². The summed E-state index contributed by atoms with van der Waals surface area (Å²) < 4.78 is 18.3. The van der Waals surface area contributed by atoms with Gasteiger partial charge in [-0.25, -0.2) is 4.79 Å². The van der Waals surface area contributed by atoms with Gasteiger partial charge in [-0.2, -0.15) is 0 Å². The molecule has 2 aromatic rings. The van der Waals surface area contributed by atoms with Gasteiger partial charge in [0, 0.05) is 11.1 Å². The van der Waals surface area contributed by atoms with E-state index in [0.29, 0.717) is 46.1 Å². The van der Waals surface area contributed by atoms with Gasteiger partial charge in [-0.3, -0.25) is 4.79 Å². The zero-order valence-electron chi connectivity index (χ0n) is 14.6. The summed E-state index contributed by atoms with van der Waals surface area (Å²) in [7, 11) is 3.08. The Balaban J connectivity index is 2.13. The van der Waals surface area contributed by atoms with Crippen molar-refractivity contribution in [3.63, 3.8) is 0 Å². The normalized spacial score (nSPS) is 13.6. The number of hydrogen-bond donors (Lipinski definition) is 0. The number of cyclic esters (lactones) is 1. The molecular formula is C19H12Br4O5. The topological polar surface area (TPSA) is 61.8 Å². The van der Waals surface area contributed by atoms with E-state index < -0.39 is 11.8 Å². The fourth-order valence-electron chi connectivity index (χ4n) is 2.82. The van der Waals surface area contributed by atoms with E-state index in [2.05, 4.69) is 63.7 Å². The molecule has 146 valence electrons. The van der Waals surface area contributed by atoms with Crippen molar-refractivity contribution < 1.29 is 23.8 Å². The van der Waals surface area contributed by atoms with Crippen LogP contribution < -0.4 is 9.47 Å².